The molecule has 0 saturated heterocycles. The van der Waals surface area contributed by atoms with Gasteiger partial charge in [-0.25, -0.2) is 13.1 Å². The van der Waals surface area contributed by atoms with Crippen molar-refractivity contribution in [3.63, 3.8) is 0 Å². The summed E-state index contributed by atoms with van der Waals surface area (Å²) < 4.78 is 26.0. The molecule has 1 aliphatic rings. The number of hydrogen-bond donors (Lipinski definition) is 2. The molecule has 0 heterocycles. The van der Waals surface area contributed by atoms with Crippen LogP contribution in [-0.2, 0) is 10.0 Å². The van der Waals surface area contributed by atoms with E-state index in [1.54, 1.807) is 0 Å². The summed E-state index contributed by atoms with van der Waals surface area (Å²) in [5.74, 6) is 0.232. The molecule has 0 bridgehead atoms. The maximum absolute atomic E-state index is 11.6. The minimum absolute atomic E-state index is 0.217. The second-order valence-electron chi connectivity index (χ2n) is 5.01. The van der Waals surface area contributed by atoms with Crippen molar-refractivity contribution in [1.82, 2.24) is 10.0 Å². The van der Waals surface area contributed by atoms with Crippen molar-refractivity contribution in [3.8, 4) is 0 Å². The van der Waals surface area contributed by atoms with Crippen LogP contribution in [0.2, 0.25) is 0 Å². The Balaban J connectivity index is 2.18. The minimum Gasteiger partial charge on any atom is -0.317 e. The molecule has 0 amide bonds. The van der Waals surface area contributed by atoms with E-state index in [9.17, 15) is 8.42 Å². The van der Waals surface area contributed by atoms with Gasteiger partial charge in [-0.2, -0.15) is 0 Å². The first kappa shape index (κ1) is 13.9. The van der Waals surface area contributed by atoms with Gasteiger partial charge in [0.2, 0.25) is 10.0 Å². The Hall–Kier alpha value is -0.130. The van der Waals surface area contributed by atoms with E-state index >= 15 is 0 Å². The zero-order valence-corrected chi connectivity index (χ0v) is 11.2. The van der Waals surface area contributed by atoms with E-state index in [4.69, 9.17) is 0 Å². The first-order chi connectivity index (χ1) is 7.47. The fraction of sp³-hybridized carbons (Fsp3) is 1.00. The number of rotatable bonds is 8. The largest absolute Gasteiger partial charge is 0.317 e. The zero-order chi connectivity index (χ0) is 12.1. The standard InChI is InChI=1S/C11H24N2O2S/c1-3-12-8-5-9-16(14,15)13-10-11(2)6-4-7-11/h12-13H,3-10H2,1-2H3. The second kappa shape index (κ2) is 5.98. The molecule has 0 spiro atoms. The highest BCUT2D eigenvalue weighted by atomic mass is 32.2. The highest BCUT2D eigenvalue weighted by molar-refractivity contribution is 7.89. The van der Waals surface area contributed by atoms with Crippen molar-refractivity contribution in [2.24, 2.45) is 5.41 Å². The third kappa shape index (κ3) is 4.80. The van der Waals surface area contributed by atoms with E-state index in [2.05, 4.69) is 17.0 Å². The lowest BCUT2D eigenvalue weighted by Gasteiger charge is -2.38. The van der Waals surface area contributed by atoms with Crippen molar-refractivity contribution in [2.75, 3.05) is 25.4 Å². The Morgan fingerprint density at radius 1 is 1.31 bits per heavy atom. The Labute approximate surface area is 99.2 Å². The van der Waals surface area contributed by atoms with Gasteiger partial charge in [0.25, 0.3) is 0 Å². The highest BCUT2D eigenvalue weighted by Crippen LogP contribution is 2.39. The molecule has 96 valence electrons. The molecular formula is C11H24N2O2S. The van der Waals surface area contributed by atoms with Crippen LogP contribution >= 0.6 is 0 Å². The SMILES string of the molecule is CCNCCCS(=O)(=O)NCC1(C)CCC1. The predicted molar refractivity (Wildman–Crippen MR) is 66.9 cm³/mol. The molecule has 0 radical (unpaired) electrons. The molecule has 0 aromatic rings. The van der Waals surface area contributed by atoms with E-state index in [1.165, 1.54) is 6.42 Å². The van der Waals surface area contributed by atoms with Gasteiger partial charge in [-0.3, -0.25) is 0 Å². The summed E-state index contributed by atoms with van der Waals surface area (Å²) in [5.41, 5.74) is 0.217. The number of hydrogen-bond acceptors (Lipinski definition) is 3. The smallest absolute Gasteiger partial charge is 0.211 e. The fourth-order valence-corrected chi connectivity index (χ4v) is 3.11. The Bertz CT molecular complexity index is 297. The normalized spacial score (nSPS) is 19.4. The summed E-state index contributed by atoms with van der Waals surface area (Å²) in [4.78, 5) is 0. The maximum Gasteiger partial charge on any atom is 0.211 e. The monoisotopic (exact) mass is 248 g/mol. The number of nitrogens with one attached hydrogen (secondary N) is 2. The molecule has 0 atom stereocenters. The molecule has 0 unspecified atom stereocenters. The second-order valence-corrected chi connectivity index (χ2v) is 6.94. The molecule has 1 rings (SSSR count). The summed E-state index contributed by atoms with van der Waals surface area (Å²) in [5, 5.41) is 3.12. The van der Waals surface area contributed by atoms with Gasteiger partial charge in [0.05, 0.1) is 5.75 Å². The van der Waals surface area contributed by atoms with Crippen molar-refractivity contribution in [2.45, 2.75) is 39.5 Å². The third-order valence-electron chi connectivity index (χ3n) is 3.30. The lowest BCUT2D eigenvalue weighted by molar-refractivity contribution is 0.166. The molecule has 0 aromatic heterocycles. The summed E-state index contributed by atoms with van der Waals surface area (Å²) in [6, 6.07) is 0. The van der Waals surface area contributed by atoms with Crippen molar-refractivity contribution in [1.29, 1.82) is 0 Å². The Morgan fingerprint density at radius 3 is 2.50 bits per heavy atom. The van der Waals surface area contributed by atoms with Crippen LogP contribution in [0.1, 0.15) is 39.5 Å². The Kier molecular flexibility index (Phi) is 5.21. The molecular weight excluding hydrogens is 224 g/mol. The fourth-order valence-electron chi connectivity index (χ4n) is 1.88. The van der Waals surface area contributed by atoms with E-state index in [0.717, 1.165) is 25.9 Å². The molecule has 1 fully saturated rings. The van der Waals surface area contributed by atoms with Crippen LogP contribution in [0, 0.1) is 5.41 Å². The summed E-state index contributed by atoms with van der Waals surface area (Å²) >= 11 is 0. The van der Waals surface area contributed by atoms with E-state index in [1.807, 2.05) is 6.92 Å². The van der Waals surface area contributed by atoms with Crippen molar-refractivity contribution >= 4 is 10.0 Å². The summed E-state index contributed by atoms with van der Waals surface area (Å²) in [7, 11) is -3.06. The van der Waals surface area contributed by atoms with Gasteiger partial charge >= 0.3 is 0 Å². The zero-order valence-electron chi connectivity index (χ0n) is 10.4. The average molecular weight is 248 g/mol. The lowest BCUT2D eigenvalue weighted by Crippen LogP contribution is -2.40. The summed E-state index contributed by atoms with van der Waals surface area (Å²) in [6.45, 7) is 6.44. The van der Waals surface area contributed by atoms with E-state index < -0.39 is 10.0 Å². The molecule has 2 N–H and O–H groups in total. The lowest BCUT2D eigenvalue weighted by atomic mass is 9.71. The van der Waals surface area contributed by atoms with E-state index in [0.29, 0.717) is 13.0 Å². The van der Waals surface area contributed by atoms with Crippen LogP contribution in [0.25, 0.3) is 0 Å². The third-order valence-corrected chi connectivity index (χ3v) is 4.71. The van der Waals surface area contributed by atoms with Crippen LogP contribution in [0.15, 0.2) is 0 Å². The molecule has 0 aliphatic heterocycles. The van der Waals surface area contributed by atoms with Crippen LogP contribution < -0.4 is 10.0 Å². The van der Waals surface area contributed by atoms with Crippen molar-refractivity contribution in [3.05, 3.63) is 0 Å². The van der Waals surface area contributed by atoms with Crippen LogP contribution in [0.3, 0.4) is 0 Å². The molecule has 4 nitrogen and oxygen atoms in total. The first-order valence-electron chi connectivity index (χ1n) is 6.15. The summed E-state index contributed by atoms with van der Waals surface area (Å²) in [6.07, 6.45) is 4.21. The van der Waals surface area contributed by atoms with Gasteiger partial charge in [0.1, 0.15) is 0 Å². The van der Waals surface area contributed by atoms with Gasteiger partial charge in [-0.05, 0) is 37.8 Å². The van der Waals surface area contributed by atoms with Crippen LogP contribution in [-0.4, -0.2) is 33.8 Å². The highest BCUT2D eigenvalue weighted by Gasteiger charge is 2.32. The van der Waals surface area contributed by atoms with Gasteiger partial charge < -0.3 is 5.32 Å². The average Bonchev–Trinajstić information content (AvgIpc) is 2.19. The van der Waals surface area contributed by atoms with Gasteiger partial charge in [-0.15, -0.1) is 0 Å². The van der Waals surface area contributed by atoms with Gasteiger partial charge in [0, 0.05) is 6.54 Å². The van der Waals surface area contributed by atoms with E-state index in [-0.39, 0.29) is 11.2 Å². The first-order valence-corrected chi connectivity index (χ1v) is 7.81. The number of sulfonamides is 1. The van der Waals surface area contributed by atoms with Crippen LogP contribution in [0.4, 0.5) is 0 Å². The molecule has 16 heavy (non-hydrogen) atoms. The quantitative estimate of drug-likeness (QED) is 0.632. The Morgan fingerprint density at radius 2 is 2.00 bits per heavy atom. The van der Waals surface area contributed by atoms with Gasteiger partial charge in [-0.1, -0.05) is 20.3 Å². The molecule has 1 saturated carbocycles. The maximum atomic E-state index is 11.6. The van der Waals surface area contributed by atoms with Gasteiger partial charge in [0.15, 0.2) is 0 Å². The van der Waals surface area contributed by atoms with Crippen LogP contribution in [0.5, 0.6) is 0 Å². The van der Waals surface area contributed by atoms with Crippen molar-refractivity contribution < 1.29 is 8.42 Å². The molecule has 1 aliphatic carbocycles. The molecule has 5 heteroatoms. The predicted octanol–water partition coefficient (Wildman–Crippen LogP) is 1.10. The molecule has 0 aromatic carbocycles. The minimum atomic E-state index is -3.06. The topological polar surface area (TPSA) is 58.2 Å².